The number of aromatic nitrogens is 1. The fraction of sp³-hybridized carbons (Fsp3) is 0.0909. The molecule has 17 heavy (non-hydrogen) atoms. The zero-order valence-electron chi connectivity index (χ0n) is 8.91. The summed E-state index contributed by atoms with van der Waals surface area (Å²) < 4.78 is 0. The van der Waals surface area contributed by atoms with E-state index in [1.165, 1.54) is 30.4 Å². The molecule has 0 aliphatic carbocycles. The summed E-state index contributed by atoms with van der Waals surface area (Å²) in [6, 6.07) is 6.19. The van der Waals surface area contributed by atoms with E-state index in [9.17, 15) is 14.9 Å². The summed E-state index contributed by atoms with van der Waals surface area (Å²) in [5, 5.41) is 12.8. The van der Waals surface area contributed by atoms with E-state index in [0.29, 0.717) is 16.3 Å². The van der Waals surface area contributed by atoms with E-state index in [1.807, 2.05) is 0 Å². The van der Waals surface area contributed by atoms with Crippen LogP contribution in [0.2, 0.25) is 0 Å². The highest BCUT2D eigenvalue weighted by Crippen LogP contribution is 2.25. The van der Waals surface area contributed by atoms with Gasteiger partial charge in [0.05, 0.1) is 10.6 Å². The van der Waals surface area contributed by atoms with Crippen LogP contribution in [0.4, 0.5) is 5.69 Å². The van der Waals surface area contributed by atoms with Crippen LogP contribution in [0.5, 0.6) is 0 Å². The highest BCUT2D eigenvalue weighted by molar-refractivity contribution is 7.12. The number of nitro groups is 1. The number of carbonyl (C=O) groups is 1. The van der Waals surface area contributed by atoms with E-state index in [1.54, 1.807) is 17.5 Å². The van der Waals surface area contributed by atoms with E-state index in [2.05, 4.69) is 4.98 Å². The van der Waals surface area contributed by atoms with Crippen molar-refractivity contribution in [2.45, 2.75) is 6.92 Å². The Kier molecular flexibility index (Phi) is 2.97. The summed E-state index contributed by atoms with van der Waals surface area (Å²) in [6.45, 7) is 1.44. The lowest BCUT2D eigenvalue weighted by molar-refractivity contribution is -0.384. The Morgan fingerprint density at radius 3 is 2.82 bits per heavy atom. The molecule has 0 N–H and O–H groups in total. The average Bonchev–Trinajstić information content (AvgIpc) is 2.78. The number of hydrogen-bond donors (Lipinski definition) is 0. The molecule has 2 aromatic rings. The molecule has 0 bridgehead atoms. The van der Waals surface area contributed by atoms with Crippen LogP contribution in [0, 0.1) is 10.1 Å². The van der Waals surface area contributed by atoms with Crippen LogP contribution in [-0.2, 0) is 0 Å². The number of Topliss-reactive ketones (excluding diaryl/α,β-unsaturated/α-hetero) is 1. The Bertz CT molecular complexity index is 592. The molecule has 1 aromatic carbocycles. The zero-order chi connectivity index (χ0) is 12.4. The van der Waals surface area contributed by atoms with Crippen molar-refractivity contribution in [3.05, 3.63) is 44.8 Å². The number of hydrogen-bond acceptors (Lipinski definition) is 5. The third kappa shape index (κ3) is 2.36. The normalized spacial score (nSPS) is 10.2. The van der Waals surface area contributed by atoms with Crippen LogP contribution in [-0.4, -0.2) is 15.7 Å². The van der Waals surface area contributed by atoms with Crippen LogP contribution >= 0.6 is 11.3 Å². The second-order valence-electron chi connectivity index (χ2n) is 3.40. The molecular formula is C11H8N2O3S. The van der Waals surface area contributed by atoms with Gasteiger partial charge >= 0.3 is 0 Å². The van der Waals surface area contributed by atoms with Crippen molar-refractivity contribution >= 4 is 22.8 Å². The lowest BCUT2D eigenvalue weighted by Crippen LogP contribution is -1.91. The van der Waals surface area contributed by atoms with E-state index >= 15 is 0 Å². The second-order valence-corrected chi connectivity index (χ2v) is 4.26. The van der Waals surface area contributed by atoms with Gasteiger partial charge in [0.2, 0.25) is 0 Å². The Hall–Kier alpha value is -2.08. The number of rotatable bonds is 3. The minimum absolute atomic E-state index is 0.0138. The van der Waals surface area contributed by atoms with Crippen molar-refractivity contribution in [2.24, 2.45) is 0 Å². The third-order valence-corrected chi connectivity index (χ3v) is 3.10. The van der Waals surface area contributed by atoms with Gasteiger partial charge in [0.25, 0.3) is 5.69 Å². The Balaban J connectivity index is 2.42. The molecule has 0 spiro atoms. The van der Waals surface area contributed by atoms with Gasteiger partial charge in [0, 0.05) is 30.0 Å². The fourth-order valence-electron chi connectivity index (χ4n) is 1.35. The minimum atomic E-state index is -0.457. The van der Waals surface area contributed by atoms with Crippen molar-refractivity contribution in [2.75, 3.05) is 0 Å². The molecule has 0 fully saturated rings. The second kappa shape index (κ2) is 4.42. The number of ketones is 1. The van der Waals surface area contributed by atoms with E-state index in [-0.39, 0.29) is 11.5 Å². The van der Waals surface area contributed by atoms with Crippen molar-refractivity contribution in [3.8, 4) is 11.3 Å². The number of thiazole rings is 1. The number of carbonyl (C=O) groups excluding carboxylic acids is 1. The van der Waals surface area contributed by atoms with Crippen LogP contribution in [0.1, 0.15) is 16.7 Å². The Morgan fingerprint density at radius 1 is 1.47 bits per heavy atom. The van der Waals surface area contributed by atoms with Gasteiger partial charge in [-0.05, 0) is 0 Å². The molecule has 2 rings (SSSR count). The van der Waals surface area contributed by atoms with Crippen LogP contribution in [0.15, 0.2) is 29.6 Å². The first kappa shape index (κ1) is 11.4. The molecule has 5 nitrogen and oxygen atoms in total. The Morgan fingerprint density at radius 2 is 2.24 bits per heavy atom. The third-order valence-electron chi connectivity index (χ3n) is 2.16. The van der Waals surface area contributed by atoms with Crippen LogP contribution < -0.4 is 0 Å². The van der Waals surface area contributed by atoms with Gasteiger partial charge in [-0.25, -0.2) is 4.98 Å². The fourth-order valence-corrected chi connectivity index (χ4v) is 2.08. The summed E-state index contributed by atoms with van der Waals surface area (Å²) in [4.78, 5) is 25.4. The summed E-state index contributed by atoms with van der Waals surface area (Å²) in [5.41, 5.74) is 1.24. The van der Waals surface area contributed by atoms with Gasteiger partial charge < -0.3 is 0 Å². The average molecular weight is 248 g/mol. The van der Waals surface area contributed by atoms with E-state index in [0.717, 1.165) is 0 Å². The zero-order valence-corrected chi connectivity index (χ0v) is 9.73. The number of nitrogens with zero attached hydrogens (tertiary/aromatic N) is 2. The van der Waals surface area contributed by atoms with Gasteiger partial charge in [-0.3, -0.25) is 14.9 Å². The van der Waals surface area contributed by atoms with E-state index in [4.69, 9.17) is 0 Å². The maximum absolute atomic E-state index is 11.1. The first-order valence-corrected chi connectivity index (χ1v) is 5.67. The first-order valence-electron chi connectivity index (χ1n) is 4.79. The van der Waals surface area contributed by atoms with Crippen molar-refractivity contribution in [1.82, 2.24) is 4.98 Å². The molecular weight excluding hydrogens is 240 g/mol. The molecule has 0 saturated heterocycles. The molecule has 0 saturated carbocycles. The van der Waals surface area contributed by atoms with Crippen molar-refractivity contribution < 1.29 is 9.72 Å². The summed E-state index contributed by atoms with van der Waals surface area (Å²) in [7, 11) is 0. The molecule has 0 radical (unpaired) electrons. The predicted octanol–water partition coefficient (Wildman–Crippen LogP) is 2.92. The van der Waals surface area contributed by atoms with Crippen molar-refractivity contribution in [1.29, 1.82) is 0 Å². The molecule has 6 heteroatoms. The molecule has 1 heterocycles. The smallest absolute Gasteiger partial charge is 0.270 e. The SMILES string of the molecule is CC(=O)c1nc(-c2cccc([N+](=O)[O-])c2)cs1. The lowest BCUT2D eigenvalue weighted by atomic mass is 10.1. The number of nitro benzene ring substituents is 1. The highest BCUT2D eigenvalue weighted by Gasteiger charge is 2.11. The predicted molar refractivity (Wildman–Crippen MR) is 64.2 cm³/mol. The molecule has 0 amide bonds. The largest absolute Gasteiger partial charge is 0.292 e. The minimum Gasteiger partial charge on any atom is -0.292 e. The summed E-state index contributed by atoms with van der Waals surface area (Å²) in [6.07, 6.45) is 0. The highest BCUT2D eigenvalue weighted by atomic mass is 32.1. The topological polar surface area (TPSA) is 73.1 Å². The molecule has 0 atom stereocenters. The maximum atomic E-state index is 11.1. The Labute approximate surface area is 101 Å². The maximum Gasteiger partial charge on any atom is 0.270 e. The molecule has 1 aromatic heterocycles. The quantitative estimate of drug-likeness (QED) is 0.475. The van der Waals surface area contributed by atoms with Gasteiger partial charge in [0.15, 0.2) is 10.8 Å². The summed E-state index contributed by atoms with van der Waals surface area (Å²) in [5.74, 6) is -0.105. The first-order chi connectivity index (χ1) is 8.08. The molecule has 0 aliphatic heterocycles. The van der Waals surface area contributed by atoms with Crippen LogP contribution in [0.3, 0.4) is 0 Å². The van der Waals surface area contributed by atoms with Gasteiger partial charge in [-0.2, -0.15) is 0 Å². The van der Waals surface area contributed by atoms with Gasteiger partial charge in [-0.15, -0.1) is 11.3 Å². The van der Waals surface area contributed by atoms with E-state index < -0.39 is 4.92 Å². The molecule has 0 unspecified atom stereocenters. The monoisotopic (exact) mass is 248 g/mol. The lowest BCUT2D eigenvalue weighted by Gasteiger charge is -1.96. The summed E-state index contributed by atoms with van der Waals surface area (Å²) >= 11 is 1.24. The molecule has 86 valence electrons. The molecule has 0 aliphatic rings. The van der Waals surface area contributed by atoms with Crippen molar-refractivity contribution in [3.63, 3.8) is 0 Å². The van der Waals surface area contributed by atoms with Gasteiger partial charge in [-0.1, -0.05) is 12.1 Å². The number of non-ortho nitro benzene ring substituents is 1. The standard InChI is InChI=1S/C11H8N2O3S/c1-7(14)11-12-10(6-17-11)8-3-2-4-9(5-8)13(15)16/h2-6H,1H3. The number of benzene rings is 1. The van der Waals surface area contributed by atoms with Crippen LogP contribution in [0.25, 0.3) is 11.3 Å². The van der Waals surface area contributed by atoms with Gasteiger partial charge in [0.1, 0.15) is 0 Å².